The molecular weight excluding hydrogens is 364 g/mol. The summed E-state index contributed by atoms with van der Waals surface area (Å²) in [6.45, 7) is 12.0. The highest BCUT2D eigenvalue weighted by molar-refractivity contribution is 6.32. The Morgan fingerprint density at radius 2 is 2.15 bits per heavy atom. The van der Waals surface area contributed by atoms with Gasteiger partial charge in [0.2, 0.25) is 0 Å². The SMILES string of the molecule is CCOc1ccc(CCN2CCC[C@@H](CNC(=O)OC(C)(C)C)C2)cc1Cl. The van der Waals surface area contributed by atoms with E-state index in [4.69, 9.17) is 21.1 Å². The minimum Gasteiger partial charge on any atom is -0.492 e. The van der Waals surface area contributed by atoms with Gasteiger partial charge in [-0.3, -0.25) is 0 Å². The second kappa shape index (κ2) is 10.2. The first-order valence-electron chi connectivity index (χ1n) is 9.87. The minimum atomic E-state index is -0.457. The molecule has 0 spiro atoms. The van der Waals surface area contributed by atoms with Gasteiger partial charge in [0.15, 0.2) is 0 Å². The second-order valence-electron chi connectivity index (χ2n) is 8.14. The van der Waals surface area contributed by atoms with Gasteiger partial charge < -0.3 is 19.7 Å². The zero-order valence-corrected chi connectivity index (χ0v) is 17.8. The average Bonchev–Trinajstić information content (AvgIpc) is 2.59. The number of nitrogens with zero attached hydrogens (tertiary/aromatic N) is 1. The first-order valence-corrected chi connectivity index (χ1v) is 10.2. The van der Waals surface area contributed by atoms with Gasteiger partial charge in [-0.15, -0.1) is 0 Å². The number of ether oxygens (including phenoxy) is 2. The van der Waals surface area contributed by atoms with E-state index in [2.05, 4.69) is 16.3 Å². The summed E-state index contributed by atoms with van der Waals surface area (Å²) < 4.78 is 10.8. The van der Waals surface area contributed by atoms with Gasteiger partial charge in [0.25, 0.3) is 0 Å². The molecule has 5 nitrogen and oxygen atoms in total. The summed E-state index contributed by atoms with van der Waals surface area (Å²) in [4.78, 5) is 14.3. The maximum absolute atomic E-state index is 11.8. The number of hydrogen-bond donors (Lipinski definition) is 1. The fraction of sp³-hybridized carbons (Fsp3) is 0.667. The summed E-state index contributed by atoms with van der Waals surface area (Å²) in [5.74, 6) is 1.21. The third kappa shape index (κ3) is 7.97. The standard InChI is InChI=1S/C21H33ClN2O3/c1-5-26-19-9-8-16(13-18(19)22)10-12-24-11-6-7-17(15-24)14-23-20(25)27-21(2,3)4/h8-9,13,17H,5-7,10-12,14-15H2,1-4H3,(H,23,25)/t17-/m0/s1. The largest absolute Gasteiger partial charge is 0.492 e. The molecule has 1 atom stereocenters. The third-order valence-electron chi connectivity index (χ3n) is 4.55. The summed E-state index contributed by atoms with van der Waals surface area (Å²) >= 11 is 6.28. The van der Waals surface area contributed by atoms with E-state index in [9.17, 15) is 4.79 Å². The molecule has 0 bridgehead atoms. The highest BCUT2D eigenvalue weighted by atomic mass is 35.5. The van der Waals surface area contributed by atoms with E-state index in [0.29, 0.717) is 24.1 Å². The number of amides is 1. The molecule has 27 heavy (non-hydrogen) atoms. The fourth-order valence-corrected chi connectivity index (χ4v) is 3.58. The lowest BCUT2D eigenvalue weighted by molar-refractivity contribution is 0.0507. The topological polar surface area (TPSA) is 50.8 Å². The normalized spacial score (nSPS) is 18.2. The zero-order chi connectivity index (χ0) is 19.9. The van der Waals surface area contributed by atoms with Crippen molar-refractivity contribution in [3.8, 4) is 5.75 Å². The van der Waals surface area contributed by atoms with Crippen LogP contribution in [0.15, 0.2) is 18.2 Å². The van der Waals surface area contributed by atoms with E-state index in [1.54, 1.807) is 0 Å². The van der Waals surface area contributed by atoms with Gasteiger partial charge in [0.05, 0.1) is 11.6 Å². The van der Waals surface area contributed by atoms with Gasteiger partial charge in [0, 0.05) is 19.6 Å². The Hall–Kier alpha value is -1.46. The summed E-state index contributed by atoms with van der Waals surface area (Å²) in [5.41, 5.74) is 0.763. The van der Waals surface area contributed by atoms with Crippen molar-refractivity contribution in [2.24, 2.45) is 5.92 Å². The molecule has 1 fully saturated rings. The van der Waals surface area contributed by atoms with Crippen molar-refractivity contribution >= 4 is 17.7 Å². The quantitative estimate of drug-likeness (QED) is 0.736. The van der Waals surface area contributed by atoms with Gasteiger partial charge in [-0.2, -0.15) is 0 Å². The lowest BCUT2D eigenvalue weighted by Gasteiger charge is -2.33. The summed E-state index contributed by atoms with van der Waals surface area (Å²) in [6, 6.07) is 6.03. The van der Waals surface area contributed by atoms with Gasteiger partial charge in [-0.05, 0) is 77.1 Å². The molecule has 6 heteroatoms. The molecule has 1 saturated heterocycles. The van der Waals surface area contributed by atoms with Crippen molar-refractivity contribution in [3.63, 3.8) is 0 Å². The number of carbonyl (C=O) groups excluding carboxylic acids is 1. The molecule has 1 aliphatic heterocycles. The smallest absolute Gasteiger partial charge is 0.407 e. The van der Waals surface area contributed by atoms with Gasteiger partial charge in [-0.1, -0.05) is 17.7 Å². The molecule has 1 N–H and O–H groups in total. The van der Waals surface area contributed by atoms with Crippen LogP contribution in [0.3, 0.4) is 0 Å². The summed E-state index contributed by atoms with van der Waals surface area (Å²) in [5, 5.41) is 3.58. The van der Waals surface area contributed by atoms with Crippen LogP contribution in [0.1, 0.15) is 46.1 Å². The number of likely N-dealkylation sites (tertiary alicyclic amines) is 1. The van der Waals surface area contributed by atoms with Crippen LogP contribution in [0, 0.1) is 5.92 Å². The molecule has 1 aliphatic rings. The Bertz CT molecular complexity index is 616. The first-order chi connectivity index (χ1) is 12.8. The molecule has 2 rings (SSSR count). The van der Waals surface area contributed by atoms with Crippen molar-refractivity contribution in [1.29, 1.82) is 0 Å². The minimum absolute atomic E-state index is 0.330. The Morgan fingerprint density at radius 3 is 2.81 bits per heavy atom. The van der Waals surface area contributed by atoms with Gasteiger partial charge in [-0.25, -0.2) is 4.79 Å². The van der Waals surface area contributed by atoms with E-state index < -0.39 is 5.60 Å². The number of nitrogens with one attached hydrogen (secondary N) is 1. The molecule has 0 aliphatic carbocycles. The van der Waals surface area contributed by atoms with Crippen LogP contribution in [-0.4, -0.2) is 49.4 Å². The highest BCUT2D eigenvalue weighted by Gasteiger charge is 2.22. The lowest BCUT2D eigenvalue weighted by atomic mass is 9.97. The Kier molecular flexibility index (Phi) is 8.24. The maximum Gasteiger partial charge on any atom is 0.407 e. The van der Waals surface area contributed by atoms with E-state index >= 15 is 0 Å². The van der Waals surface area contributed by atoms with E-state index in [0.717, 1.165) is 44.6 Å². The van der Waals surface area contributed by atoms with Gasteiger partial charge in [0.1, 0.15) is 11.4 Å². The molecule has 1 aromatic carbocycles. The van der Waals surface area contributed by atoms with Crippen molar-refractivity contribution in [1.82, 2.24) is 10.2 Å². The van der Waals surface area contributed by atoms with Crippen molar-refractivity contribution in [2.45, 2.75) is 52.6 Å². The molecule has 152 valence electrons. The van der Waals surface area contributed by atoms with Gasteiger partial charge >= 0.3 is 6.09 Å². The number of alkyl carbamates (subject to hydrolysis) is 1. The number of hydrogen-bond acceptors (Lipinski definition) is 4. The van der Waals surface area contributed by atoms with Crippen LogP contribution in [-0.2, 0) is 11.2 Å². The molecule has 0 radical (unpaired) electrons. The number of rotatable bonds is 7. The van der Waals surface area contributed by atoms with Crippen LogP contribution in [0.2, 0.25) is 5.02 Å². The lowest BCUT2D eigenvalue weighted by Crippen LogP contribution is -2.42. The Morgan fingerprint density at radius 1 is 1.37 bits per heavy atom. The van der Waals surface area contributed by atoms with E-state index in [1.807, 2.05) is 39.8 Å². The maximum atomic E-state index is 11.8. The molecule has 1 amide bonds. The van der Waals surface area contributed by atoms with E-state index in [-0.39, 0.29) is 6.09 Å². The van der Waals surface area contributed by atoms with Crippen molar-refractivity contribution in [2.75, 3.05) is 32.8 Å². The number of halogens is 1. The van der Waals surface area contributed by atoms with Crippen LogP contribution >= 0.6 is 11.6 Å². The number of piperidine rings is 1. The van der Waals surface area contributed by atoms with Crippen LogP contribution in [0.5, 0.6) is 5.75 Å². The molecule has 0 aromatic heterocycles. The molecule has 0 saturated carbocycles. The predicted molar refractivity (Wildman–Crippen MR) is 110 cm³/mol. The molecular formula is C21H33ClN2O3. The summed E-state index contributed by atoms with van der Waals surface area (Å²) in [6.07, 6.45) is 2.92. The molecule has 1 aromatic rings. The van der Waals surface area contributed by atoms with Crippen LogP contribution in [0.25, 0.3) is 0 Å². The van der Waals surface area contributed by atoms with Crippen LogP contribution < -0.4 is 10.1 Å². The second-order valence-corrected chi connectivity index (χ2v) is 8.55. The van der Waals surface area contributed by atoms with E-state index in [1.165, 1.54) is 5.56 Å². The Labute approximate surface area is 168 Å². The Balaban J connectivity index is 1.76. The molecule has 1 heterocycles. The molecule has 0 unspecified atom stereocenters. The third-order valence-corrected chi connectivity index (χ3v) is 4.85. The number of benzene rings is 1. The zero-order valence-electron chi connectivity index (χ0n) is 17.0. The first kappa shape index (κ1) is 21.8. The number of carbonyl (C=O) groups is 1. The van der Waals surface area contributed by atoms with Crippen molar-refractivity contribution in [3.05, 3.63) is 28.8 Å². The van der Waals surface area contributed by atoms with Crippen LogP contribution in [0.4, 0.5) is 4.79 Å². The van der Waals surface area contributed by atoms with Crippen molar-refractivity contribution < 1.29 is 14.3 Å². The highest BCUT2D eigenvalue weighted by Crippen LogP contribution is 2.26. The average molecular weight is 397 g/mol. The predicted octanol–water partition coefficient (Wildman–Crippen LogP) is 4.52. The fourth-order valence-electron chi connectivity index (χ4n) is 3.32. The monoisotopic (exact) mass is 396 g/mol. The summed E-state index contributed by atoms with van der Waals surface area (Å²) in [7, 11) is 0.